The molecule has 2 aromatic carbocycles. The van der Waals surface area contributed by atoms with Crippen molar-refractivity contribution in [1.29, 1.82) is 0 Å². The fourth-order valence-electron chi connectivity index (χ4n) is 2.06. The van der Waals surface area contributed by atoms with E-state index in [4.69, 9.17) is 16.3 Å². The molecule has 0 heterocycles. The molecule has 2 rings (SSSR count). The molecule has 5 heteroatoms. The van der Waals surface area contributed by atoms with Gasteiger partial charge in [-0.25, -0.2) is 4.79 Å². The minimum atomic E-state index is -0.517. The van der Waals surface area contributed by atoms with Crippen molar-refractivity contribution in [3.63, 3.8) is 0 Å². The number of nitrogens with one attached hydrogen (secondary N) is 1. The van der Waals surface area contributed by atoms with Crippen LogP contribution in [0.3, 0.4) is 0 Å². The van der Waals surface area contributed by atoms with Crippen LogP contribution in [0.5, 0.6) is 0 Å². The molecule has 0 saturated carbocycles. The molecule has 1 N–H and O–H groups in total. The lowest BCUT2D eigenvalue weighted by molar-refractivity contribution is 0.0378. The van der Waals surface area contributed by atoms with Crippen LogP contribution in [0.15, 0.2) is 42.5 Å². The summed E-state index contributed by atoms with van der Waals surface area (Å²) >= 11 is 6.04. The van der Waals surface area contributed by atoms with E-state index in [1.165, 1.54) is 6.07 Å². The van der Waals surface area contributed by atoms with Gasteiger partial charge in [-0.2, -0.15) is 0 Å². The molecule has 23 heavy (non-hydrogen) atoms. The molecule has 0 aliphatic carbocycles. The minimum Gasteiger partial charge on any atom is -0.459 e. The molecule has 4 nitrogen and oxygen atoms in total. The van der Waals surface area contributed by atoms with Gasteiger partial charge in [-0.05, 0) is 50.6 Å². The summed E-state index contributed by atoms with van der Waals surface area (Å²) in [6, 6.07) is 12.0. The summed E-state index contributed by atoms with van der Waals surface area (Å²) in [7, 11) is 0. The molecule has 120 valence electrons. The molecule has 2 aromatic rings. The van der Waals surface area contributed by atoms with Crippen LogP contribution in [-0.2, 0) is 4.74 Å². The van der Waals surface area contributed by atoms with Crippen LogP contribution in [0.4, 0.5) is 5.69 Å². The van der Waals surface area contributed by atoms with Crippen molar-refractivity contribution in [3.8, 4) is 0 Å². The zero-order valence-corrected chi connectivity index (χ0v) is 14.0. The van der Waals surface area contributed by atoms with Crippen LogP contribution in [0.1, 0.15) is 40.1 Å². The normalized spacial score (nSPS) is 10.5. The lowest BCUT2D eigenvalue weighted by Crippen LogP contribution is -2.15. The maximum atomic E-state index is 12.3. The van der Waals surface area contributed by atoms with Crippen molar-refractivity contribution in [2.45, 2.75) is 26.9 Å². The number of carbonyl (C=O) groups is 2. The molecule has 0 bridgehead atoms. The second-order valence-corrected chi connectivity index (χ2v) is 5.82. The van der Waals surface area contributed by atoms with E-state index in [-0.39, 0.29) is 22.6 Å². The monoisotopic (exact) mass is 331 g/mol. The van der Waals surface area contributed by atoms with Gasteiger partial charge in [0.05, 0.1) is 16.7 Å². The van der Waals surface area contributed by atoms with E-state index in [9.17, 15) is 9.59 Å². The third kappa shape index (κ3) is 4.33. The second-order valence-electron chi connectivity index (χ2n) is 5.42. The first-order chi connectivity index (χ1) is 10.9. The Morgan fingerprint density at radius 1 is 1.09 bits per heavy atom. The molecule has 0 atom stereocenters. The maximum absolute atomic E-state index is 12.3. The van der Waals surface area contributed by atoms with Gasteiger partial charge in [-0.15, -0.1) is 0 Å². The SMILES string of the molecule is Cc1ccccc1C(=O)Nc1ccc(Cl)c(C(=O)OC(C)C)c1. The van der Waals surface area contributed by atoms with E-state index < -0.39 is 5.97 Å². The summed E-state index contributed by atoms with van der Waals surface area (Å²) in [6.07, 6.45) is -0.246. The van der Waals surface area contributed by atoms with Crippen LogP contribution >= 0.6 is 11.6 Å². The molecule has 0 aliphatic rings. The van der Waals surface area contributed by atoms with Gasteiger partial charge in [0.15, 0.2) is 0 Å². The third-order valence-corrected chi connectivity index (χ3v) is 3.51. The first kappa shape index (κ1) is 17.0. The lowest BCUT2D eigenvalue weighted by Gasteiger charge is -2.12. The summed E-state index contributed by atoms with van der Waals surface area (Å²) in [4.78, 5) is 24.3. The van der Waals surface area contributed by atoms with Gasteiger partial charge in [-0.1, -0.05) is 29.8 Å². The van der Waals surface area contributed by atoms with Gasteiger partial charge in [-0.3, -0.25) is 4.79 Å². The van der Waals surface area contributed by atoms with Crippen molar-refractivity contribution in [3.05, 3.63) is 64.2 Å². The molecule has 0 spiro atoms. The summed E-state index contributed by atoms with van der Waals surface area (Å²) in [5.74, 6) is -0.759. The van der Waals surface area contributed by atoms with E-state index in [1.54, 1.807) is 38.1 Å². The van der Waals surface area contributed by atoms with Gasteiger partial charge in [0.1, 0.15) is 0 Å². The Hall–Kier alpha value is -2.33. The van der Waals surface area contributed by atoms with Crippen molar-refractivity contribution >= 4 is 29.2 Å². The van der Waals surface area contributed by atoms with Crippen LogP contribution in [0.25, 0.3) is 0 Å². The highest BCUT2D eigenvalue weighted by Crippen LogP contribution is 2.22. The second kappa shape index (κ2) is 7.29. The molecule has 0 radical (unpaired) electrons. The number of esters is 1. The molecule has 0 aromatic heterocycles. The number of anilines is 1. The fraction of sp³-hybridized carbons (Fsp3) is 0.222. The van der Waals surface area contributed by atoms with Crippen LogP contribution in [-0.4, -0.2) is 18.0 Å². The summed E-state index contributed by atoms with van der Waals surface area (Å²) in [6.45, 7) is 5.38. The smallest absolute Gasteiger partial charge is 0.339 e. The summed E-state index contributed by atoms with van der Waals surface area (Å²) in [5, 5.41) is 3.05. The number of carbonyl (C=O) groups excluding carboxylic acids is 2. The predicted molar refractivity (Wildman–Crippen MR) is 91.1 cm³/mol. The van der Waals surface area contributed by atoms with E-state index >= 15 is 0 Å². The zero-order chi connectivity index (χ0) is 17.0. The number of aryl methyl sites for hydroxylation is 1. The first-order valence-electron chi connectivity index (χ1n) is 7.26. The Morgan fingerprint density at radius 3 is 2.43 bits per heavy atom. The maximum Gasteiger partial charge on any atom is 0.339 e. The topological polar surface area (TPSA) is 55.4 Å². The summed E-state index contributed by atoms with van der Waals surface area (Å²) in [5.41, 5.74) is 2.16. The van der Waals surface area contributed by atoms with Crippen LogP contribution in [0.2, 0.25) is 5.02 Å². The van der Waals surface area contributed by atoms with E-state index in [0.717, 1.165) is 5.56 Å². The Labute approximate surface area is 140 Å². The zero-order valence-electron chi connectivity index (χ0n) is 13.2. The average Bonchev–Trinajstić information content (AvgIpc) is 2.48. The van der Waals surface area contributed by atoms with Crippen molar-refractivity contribution in [2.75, 3.05) is 5.32 Å². The number of ether oxygens (including phenoxy) is 1. The Morgan fingerprint density at radius 2 is 1.78 bits per heavy atom. The van der Waals surface area contributed by atoms with Crippen molar-refractivity contribution in [2.24, 2.45) is 0 Å². The average molecular weight is 332 g/mol. The van der Waals surface area contributed by atoms with Crippen LogP contribution in [0, 0.1) is 6.92 Å². The van der Waals surface area contributed by atoms with E-state index in [2.05, 4.69) is 5.32 Å². The Kier molecular flexibility index (Phi) is 5.40. The Balaban J connectivity index is 2.23. The van der Waals surface area contributed by atoms with E-state index in [0.29, 0.717) is 11.3 Å². The molecule has 0 saturated heterocycles. The molecule has 0 unspecified atom stereocenters. The number of rotatable bonds is 4. The Bertz CT molecular complexity index is 741. The quantitative estimate of drug-likeness (QED) is 0.841. The number of benzene rings is 2. The highest BCUT2D eigenvalue weighted by atomic mass is 35.5. The number of hydrogen-bond acceptors (Lipinski definition) is 3. The van der Waals surface area contributed by atoms with E-state index in [1.807, 2.05) is 19.1 Å². The molecule has 0 aliphatic heterocycles. The van der Waals surface area contributed by atoms with Gasteiger partial charge < -0.3 is 10.1 Å². The highest BCUT2D eigenvalue weighted by Gasteiger charge is 2.15. The van der Waals surface area contributed by atoms with Gasteiger partial charge in [0, 0.05) is 11.3 Å². The number of hydrogen-bond donors (Lipinski definition) is 1. The largest absolute Gasteiger partial charge is 0.459 e. The first-order valence-corrected chi connectivity index (χ1v) is 7.64. The number of halogens is 1. The molecule has 0 fully saturated rings. The van der Waals surface area contributed by atoms with Gasteiger partial charge >= 0.3 is 5.97 Å². The van der Waals surface area contributed by atoms with Crippen molar-refractivity contribution < 1.29 is 14.3 Å². The van der Waals surface area contributed by atoms with Crippen molar-refractivity contribution in [1.82, 2.24) is 0 Å². The molecular formula is C18H18ClNO3. The minimum absolute atomic E-state index is 0.225. The third-order valence-electron chi connectivity index (χ3n) is 3.18. The van der Waals surface area contributed by atoms with Gasteiger partial charge in [0.2, 0.25) is 0 Å². The number of amides is 1. The highest BCUT2D eigenvalue weighted by molar-refractivity contribution is 6.33. The van der Waals surface area contributed by atoms with Gasteiger partial charge in [0.25, 0.3) is 5.91 Å². The van der Waals surface area contributed by atoms with Crippen LogP contribution < -0.4 is 5.32 Å². The standard InChI is InChI=1S/C18H18ClNO3/c1-11(2)23-18(22)15-10-13(8-9-16(15)19)20-17(21)14-7-5-4-6-12(14)3/h4-11H,1-3H3,(H,20,21). The molecule has 1 amide bonds. The molecular weight excluding hydrogens is 314 g/mol. The lowest BCUT2D eigenvalue weighted by atomic mass is 10.1. The predicted octanol–water partition coefficient (Wildman–Crippen LogP) is 4.47. The fourth-order valence-corrected chi connectivity index (χ4v) is 2.26. The summed E-state index contributed by atoms with van der Waals surface area (Å²) < 4.78 is 5.14.